The van der Waals surface area contributed by atoms with Crippen LogP contribution in [0.2, 0.25) is 5.02 Å². The van der Waals surface area contributed by atoms with Crippen molar-refractivity contribution in [1.29, 1.82) is 0 Å². The average Bonchev–Trinajstić information content (AvgIpc) is 2.14. The summed E-state index contributed by atoms with van der Waals surface area (Å²) in [6.07, 6.45) is 0. The maximum absolute atomic E-state index is 11.5. The third kappa shape index (κ3) is 1.34. The standard InChI is InChI=1S/C10H11ClN2O/c1-6-10(14)12-8-5-7(11)3-4-9(8)13(6)2/h3-6H,1-2H3,(H,12,14). The predicted octanol–water partition coefficient (Wildman–Crippen LogP) is 2.12. The van der Waals surface area contributed by atoms with Crippen LogP contribution in [0.25, 0.3) is 0 Å². The van der Waals surface area contributed by atoms with E-state index >= 15 is 0 Å². The van der Waals surface area contributed by atoms with Gasteiger partial charge in [-0.05, 0) is 25.1 Å². The van der Waals surface area contributed by atoms with Crippen molar-refractivity contribution in [3.63, 3.8) is 0 Å². The Balaban J connectivity index is 2.50. The Morgan fingerprint density at radius 1 is 1.50 bits per heavy atom. The van der Waals surface area contributed by atoms with Gasteiger partial charge in [0.1, 0.15) is 6.04 Å². The van der Waals surface area contributed by atoms with Crippen LogP contribution in [0.4, 0.5) is 11.4 Å². The minimum atomic E-state index is -0.135. The summed E-state index contributed by atoms with van der Waals surface area (Å²) in [5.41, 5.74) is 1.78. The Morgan fingerprint density at radius 3 is 2.93 bits per heavy atom. The lowest BCUT2D eigenvalue weighted by atomic mass is 10.1. The van der Waals surface area contributed by atoms with Crippen LogP contribution >= 0.6 is 11.6 Å². The molecule has 14 heavy (non-hydrogen) atoms. The Hall–Kier alpha value is -1.22. The quantitative estimate of drug-likeness (QED) is 0.712. The van der Waals surface area contributed by atoms with Gasteiger partial charge in [0, 0.05) is 12.1 Å². The van der Waals surface area contributed by atoms with Gasteiger partial charge in [0.05, 0.1) is 11.4 Å². The predicted molar refractivity (Wildman–Crippen MR) is 57.9 cm³/mol. The molecular formula is C10H11ClN2O. The average molecular weight is 211 g/mol. The fraction of sp³-hybridized carbons (Fsp3) is 0.300. The molecule has 1 aliphatic rings. The van der Waals surface area contributed by atoms with Crippen LogP contribution in [0.1, 0.15) is 6.92 Å². The fourth-order valence-electron chi connectivity index (χ4n) is 1.54. The van der Waals surface area contributed by atoms with Crippen molar-refractivity contribution in [2.24, 2.45) is 0 Å². The van der Waals surface area contributed by atoms with Crippen LogP contribution in [-0.2, 0) is 4.79 Å². The van der Waals surface area contributed by atoms with Gasteiger partial charge in [-0.15, -0.1) is 0 Å². The van der Waals surface area contributed by atoms with Crippen molar-refractivity contribution in [3.8, 4) is 0 Å². The molecule has 3 nitrogen and oxygen atoms in total. The third-order valence-electron chi connectivity index (χ3n) is 2.56. The number of rotatable bonds is 0. The molecule has 1 unspecified atom stereocenters. The maximum atomic E-state index is 11.5. The zero-order valence-electron chi connectivity index (χ0n) is 8.04. The molecule has 0 bridgehead atoms. The van der Waals surface area contributed by atoms with E-state index in [1.54, 1.807) is 6.07 Å². The van der Waals surface area contributed by atoms with Crippen molar-refractivity contribution in [3.05, 3.63) is 23.2 Å². The summed E-state index contributed by atoms with van der Waals surface area (Å²) in [4.78, 5) is 13.4. The van der Waals surface area contributed by atoms with Gasteiger partial charge in [-0.1, -0.05) is 11.6 Å². The number of hydrogen-bond donors (Lipinski definition) is 1. The number of carbonyl (C=O) groups is 1. The summed E-state index contributed by atoms with van der Waals surface area (Å²) in [5.74, 6) is 0.00210. The summed E-state index contributed by atoms with van der Waals surface area (Å²) in [7, 11) is 1.90. The van der Waals surface area contributed by atoms with Gasteiger partial charge in [-0.25, -0.2) is 0 Å². The molecule has 1 amide bonds. The Morgan fingerprint density at radius 2 is 2.21 bits per heavy atom. The van der Waals surface area contributed by atoms with Crippen molar-refractivity contribution in [2.45, 2.75) is 13.0 Å². The van der Waals surface area contributed by atoms with Crippen molar-refractivity contribution in [1.82, 2.24) is 0 Å². The highest BCUT2D eigenvalue weighted by Crippen LogP contribution is 2.32. The number of benzene rings is 1. The Labute approximate surface area is 87.7 Å². The zero-order chi connectivity index (χ0) is 10.3. The van der Waals surface area contributed by atoms with Crippen molar-refractivity contribution in [2.75, 3.05) is 17.3 Å². The maximum Gasteiger partial charge on any atom is 0.246 e. The SMILES string of the molecule is CC1C(=O)Nc2cc(Cl)ccc2N1C. The summed E-state index contributed by atoms with van der Waals surface area (Å²) < 4.78 is 0. The highest BCUT2D eigenvalue weighted by molar-refractivity contribution is 6.31. The molecule has 1 aromatic carbocycles. The van der Waals surface area contributed by atoms with Gasteiger partial charge in [-0.3, -0.25) is 4.79 Å². The number of fused-ring (bicyclic) bond motifs is 1. The number of anilines is 2. The molecule has 0 radical (unpaired) electrons. The van der Waals surface area contributed by atoms with Crippen molar-refractivity contribution >= 4 is 28.9 Å². The molecule has 1 aromatic rings. The second-order valence-corrected chi connectivity index (χ2v) is 3.87. The van der Waals surface area contributed by atoms with Crippen LogP contribution < -0.4 is 10.2 Å². The minimum Gasteiger partial charge on any atom is -0.361 e. The lowest BCUT2D eigenvalue weighted by Gasteiger charge is -2.33. The van der Waals surface area contributed by atoms with Gasteiger partial charge in [0.15, 0.2) is 0 Å². The first-order valence-electron chi connectivity index (χ1n) is 4.43. The lowest BCUT2D eigenvalue weighted by molar-refractivity contribution is -0.117. The molecule has 0 aromatic heterocycles. The molecule has 1 heterocycles. The number of hydrogen-bond acceptors (Lipinski definition) is 2. The van der Waals surface area contributed by atoms with Gasteiger partial charge < -0.3 is 10.2 Å². The van der Waals surface area contributed by atoms with E-state index < -0.39 is 0 Å². The largest absolute Gasteiger partial charge is 0.361 e. The van der Waals surface area contributed by atoms with E-state index in [-0.39, 0.29) is 11.9 Å². The summed E-state index contributed by atoms with van der Waals surface area (Å²) in [5, 5.41) is 3.45. The summed E-state index contributed by atoms with van der Waals surface area (Å²) in [6, 6.07) is 5.36. The zero-order valence-corrected chi connectivity index (χ0v) is 8.80. The van der Waals surface area contributed by atoms with Crippen LogP contribution in [0.3, 0.4) is 0 Å². The van der Waals surface area contributed by atoms with Gasteiger partial charge in [0.25, 0.3) is 0 Å². The molecule has 1 aliphatic heterocycles. The minimum absolute atomic E-state index is 0.00210. The number of nitrogens with zero attached hydrogens (tertiary/aromatic N) is 1. The normalized spacial score (nSPS) is 20.4. The summed E-state index contributed by atoms with van der Waals surface area (Å²) >= 11 is 5.84. The molecule has 0 saturated heterocycles. The van der Waals surface area contributed by atoms with Crippen molar-refractivity contribution < 1.29 is 4.79 Å². The fourth-order valence-corrected chi connectivity index (χ4v) is 1.71. The van der Waals surface area contributed by atoms with Gasteiger partial charge in [0.2, 0.25) is 5.91 Å². The van der Waals surface area contributed by atoms with E-state index in [0.717, 1.165) is 11.4 Å². The number of carbonyl (C=O) groups excluding carboxylic acids is 1. The van der Waals surface area contributed by atoms with E-state index in [1.165, 1.54) is 0 Å². The summed E-state index contributed by atoms with van der Waals surface area (Å²) in [6.45, 7) is 1.87. The number of amides is 1. The van der Waals surface area contributed by atoms with Crippen LogP contribution in [0.5, 0.6) is 0 Å². The van der Waals surface area contributed by atoms with E-state index in [4.69, 9.17) is 11.6 Å². The highest BCUT2D eigenvalue weighted by Gasteiger charge is 2.26. The van der Waals surface area contributed by atoms with Crippen LogP contribution in [0, 0.1) is 0 Å². The molecule has 2 rings (SSSR count). The van der Waals surface area contributed by atoms with E-state index in [9.17, 15) is 4.79 Å². The molecule has 1 atom stereocenters. The first-order chi connectivity index (χ1) is 6.59. The Bertz CT molecular complexity index is 392. The topological polar surface area (TPSA) is 32.3 Å². The molecule has 0 aliphatic carbocycles. The van der Waals surface area contributed by atoms with E-state index in [0.29, 0.717) is 5.02 Å². The smallest absolute Gasteiger partial charge is 0.246 e. The molecule has 0 spiro atoms. The van der Waals surface area contributed by atoms with Crippen LogP contribution in [-0.4, -0.2) is 19.0 Å². The first kappa shape index (κ1) is 9.34. The number of halogens is 1. The lowest BCUT2D eigenvalue weighted by Crippen LogP contribution is -2.43. The number of nitrogens with one attached hydrogen (secondary N) is 1. The van der Waals surface area contributed by atoms with Crippen LogP contribution in [0.15, 0.2) is 18.2 Å². The second kappa shape index (κ2) is 3.17. The molecule has 0 saturated carbocycles. The van der Waals surface area contributed by atoms with E-state index in [2.05, 4.69) is 5.32 Å². The molecule has 0 fully saturated rings. The molecule has 4 heteroatoms. The second-order valence-electron chi connectivity index (χ2n) is 3.44. The molecule has 1 N–H and O–H groups in total. The first-order valence-corrected chi connectivity index (χ1v) is 4.80. The molecular weight excluding hydrogens is 200 g/mol. The molecule has 74 valence electrons. The highest BCUT2D eigenvalue weighted by atomic mass is 35.5. The number of likely N-dealkylation sites (N-methyl/N-ethyl adjacent to an activating group) is 1. The van der Waals surface area contributed by atoms with E-state index in [1.807, 2.05) is 31.0 Å². The van der Waals surface area contributed by atoms with Gasteiger partial charge >= 0.3 is 0 Å². The van der Waals surface area contributed by atoms with Gasteiger partial charge in [-0.2, -0.15) is 0 Å². The third-order valence-corrected chi connectivity index (χ3v) is 2.79. The Kier molecular flexibility index (Phi) is 2.11. The monoisotopic (exact) mass is 210 g/mol.